The second kappa shape index (κ2) is 2.40. The van der Waals surface area contributed by atoms with Gasteiger partial charge in [0.2, 0.25) is 0 Å². The third-order valence-electron chi connectivity index (χ3n) is 1.39. The molecule has 0 aliphatic heterocycles. The monoisotopic (exact) mass is 186 g/mol. The van der Waals surface area contributed by atoms with Crippen LogP contribution in [0.25, 0.3) is 5.52 Å². The van der Waals surface area contributed by atoms with Gasteiger partial charge in [0.05, 0.1) is 10.5 Å². The lowest BCUT2D eigenvalue weighted by atomic mass is 10.4. The van der Waals surface area contributed by atoms with Gasteiger partial charge in [0.25, 0.3) is 0 Å². The van der Waals surface area contributed by atoms with Crippen LogP contribution >= 0.6 is 23.2 Å². The first kappa shape index (κ1) is 6.95. The van der Waals surface area contributed by atoms with Crippen molar-refractivity contribution in [3.05, 3.63) is 34.6 Å². The molecule has 0 saturated carbocycles. The molecule has 0 bridgehead atoms. The number of hydrogen-bond donors (Lipinski definition) is 0. The topological polar surface area (TPSA) is 17.3 Å². The second-order valence-electron chi connectivity index (χ2n) is 2.18. The Labute approximate surface area is 73.3 Å². The van der Waals surface area contributed by atoms with Crippen molar-refractivity contribution < 1.29 is 0 Å². The highest BCUT2D eigenvalue weighted by Gasteiger charge is 1.97. The predicted octanol–water partition coefficient (Wildman–Crippen LogP) is 2.64. The van der Waals surface area contributed by atoms with Gasteiger partial charge in [-0.2, -0.15) is 5.10 Å². The molecule has 0 N–H and O–H groups in total. The number of pyridine rings is 1. The highest BCUT2D eigenvalue weighted by atomic mass is 35.5. The molecule has 0 unspecified atom stereocenters. The average Bonchev–Trinajstić information content (AvgIpc) is 2.27. The van der Waals surface area contributed by atoms with E-state index < -0.39 is 0 Å². The van der Waals surface area contributed by atoms with Gasteiger partial charge in [0.15, 0.2) is 5.15 Å². The molecule has 0 fully saturated rings. The molecular weight excluding hydrogens is 183 g/mol. The highest BCUT2D eigenvalue weighted by Crippen LogP contribution is 2.14. The van der Waals surface area contributed by atoms with E-state index in [0.29, 0.717) is 10.2 Å². The van der Waals surface area contributed by atoms with Crippen LogP contribution in [0, 0.1) is 0 Å². The Morgan fingerprint density at radius 3 is 2.91 bits per heavy atom. The molecule has 0 radical (unpaired) electrons. The summed E-state index contributed by atoms with van der Waals surface area (Å²) in [6.07, 6.45) is 1.71. The van der Waals surface area contributed by atoms with Crippen LogP contribution in [-0.4, -0.2) is 9.61 Å². The third-order valence-corrected chi connectivity index (χ3v) is 1.80. The van der Waals surface area contributed by atoms with Crippen LogP contribution in [0.4, 0.5) is 0 Å². The minimum Gasteiger partial charge on any atom is -0.238 e. The molecule has 2 nitrogen and oxygen atoms in total. The largest absolute Gasteiger partial charge is 0.238 e. The fraction of sp³-hybridized carbons (Fsp3) is 0. The molecule has 2 rings (SSSR count). The van der Waals surface area contributed by atoms with E-state index in [9.17, 15) is 0 Å². The fourth-order valence-corrected chi connectivity index (χ4v) is 1.28. The summed E-state index contributed by atoms with van der Waals surface area (Å²) in [6, 6.07) is 5.44. The van der Waals surface area contributed by atoms with Crippen LogP contribution in [0.3, 0.4) is 0 Å². The molecule has 4 heteroatoms. The van der Waals surface area contributed by atoms with Gasteiger partial charge in [0, 0.05) is 12.3 Å². The van der Waals surface area contributed by atoms with Crippen molar-refractivity contribution >= 4 is 28.7 Å². The molecule has 2 aromatic heterocycles. The number of nitrogens with zero attached hydrogens (tertiary/aromatic N) is 2. The zero-order chi connectivity index (χ0) is 7.84. The highest BCUT2D eigenvalue weighted by molar-refractivity contribution is 6.31. The van der Waals surface area contributed by atoms with Crippen molar-refractivity contribution in [3.63, 3.8) is 0 Å². The first-order chi connectivity index (χ1) is 5.25. The molecule has 0 aromatic carbocycles. The summed E-state index contributed by atoms with van der Waals surface area (Å²) in [4.78, 5) is 0. The van der Waals surface area contributed by atoms with E-state index in [2.05, 4.69) is 5.10 Å². The number of hydrogen-bond acceptors (Lipinski definition) is 1. The van der Waals surface area contributed by atoms with Gasteiger partial charge in [-0.05, 0) is 12.1 Å². The number of rotatable bonds is 0. The Hall–Kier alpha value is -0.730. The summed E-state index contributed by atoms with van der Waals surface area (Å²) in [5.41, 5.74) is 0.944. The predicted molar refractivity (Wildman–Crippen MR) is 45.2 cm³/mol. The average molecular weight is 187 g/mol. The molecule has 0 aliphatic rings. The molecule has 0 atom stereocenters. The first-order valence-electron chi connectivity index (χ1n) is 3.06. The van der Waals surface area contributed by atoms with Crippen molar-refractivity contribution in [1.29, 1.82) is 0 Å². The first-order valence-corrected chi connectivity index (χ1v) is 3.82. The van der Waals surface area contributed by atoms with Crippen LogP contribution in [0.2, 0.25) is 10.2 Å². The molecule has 56 valence electrons. The summed E-state index contributed by atoms with van der Waals surface area (Å²) in [5.74, 6) is 0. The number of halogens is 2. The lowest BCUT2D eigenvalue weighted by Gasteiger charge is -1.91. The maximum absolute atomic E-state index is 5.72. The molecule has 0 spiro atoms. The van der Waals surface area contributed by atoms with Gasteiger partial charge in [-0.3, -0.25) is 0 Å². The minimum atomic E-state index is 0.479. The molecule has 11 heavy (non-hydrogen) atoms. The Morgan fingerprint density at radius 2 is 2.09 bits per heavy atom. The van der Waals surface area contributed by atoms with Crippen molar-refractivity contribution in [2.75, 3.05) is 0 Å². The summed E-state index contributed by atoms with van der Waals surface area (Å²) in [7, 11) is 0. The quantitative estimate of drug-likeness (QED) is 0.619. The van der Waals surface area contributed by atoms with Gasteiger partial charge in [0.1, 0.15) is 0 Å². The normalized spacial score (nSPS) is 10.7. The third kappa shape index (κ3) is 1.19. The standard InChI is InChI=1S/C7H4Cl2N2/c8-5-1-2-6-3-7(9)10-11(6)4-5/h1-4H. The fourth-order valence-electron chi connectivity index (χ4n) is 0.930. The summed E-state index contributed by atoms with van der Waals surface area (Å²) in [5, 5.41) is 5.10. The van der Waals surface area contributed by atoms with E-state index in [-0.39, 0.29) is 0 Å². The lowest BCUT2D eigenvalue weighted by molar-refractivity contribution is 0.962. The zero-order valence-corrected chi connectivity index (χ0v) is 6.97. The van der Waals surface area contributed by atoms with Crippen molar-refractivity contribution in [1.82, 2.24) is 9.61 Å². The lowest BCUT2D eigenvalue weighted by Crippen LogP contribution is -1.84. The Kier molecular flexibility index (Phi) is 1.51. The smallest absolute Gasteiger partial charge is 0.152 e. The van der Waals surface area contributed by atoms with E-state index in [4.69, 9.17) is 23.2 Å². The van der Waals surface area contributed by atoms with Crippen molar-refractivity contribution in [3.8, 4) is 0 Å². The molecule has 2 aromatic rings. The molecular formula is C7H4Cl2N2. The van der Waals surface area contributed by atoms with Gasteiger partial charge < -0.3 is 0 Å². The second-order valence-corrected chi connectivity index (χ2v) is 3.01. The Bertz CT molecular complexity index is 394. The van der Waals surface area contributed by atoms with Gasteiger partial charge in [-0.15, -0.1) is 0 Å². The van der Waals surface area contributed by atoms with Gasteiger partial charge >= 0.3 is 0 Å². The Balaban J connectivity index is 2.82. The van der Waals surface area contributed by atoms with Crippen LogP contribution in [0.1, 0.15) is 0 Å². The number of fused-ring (bicyclic) bond motifs is 1. The van der Waals surface area contributed by atoms with Crippen LogP contribution < -0.4 is 0 Å². The summed E-state index contributed by atoms with van der Waals surface area (Å²) in [6.45, 7) is 0. The number of aromatic nitrogens is 2. The zero-order valence-electron chi connectivity index (χ0n) is 5.46. The van der Waals surface area contributed by atoms with Gasteiger partial charge in [-0.1, -0.05) is 23.2 Å². The van der Waals surface area contributed by atoms with Crippen LogP contribution in [0.15, 0.2) is 24.4 Å². The van der Waals surface area contributed by atoms with Crippen molar-refractivity contribution in [2.45, 2.75) is 0 Å². The molecule has 0 amide bonds. The molecule has 0 aliphatic carbocycles. The summed E-state index contributed by atoms with van der Waals surface area (Å²) >= 11 is 11.4. The van der Waals surface area contributed by atoms with Crippen LogP contribution in [-0.2, 0) is 0 Å². The van der Waals surface area contributed by atoms with E-state index in [1.165, 1.54) is 0 Å². The van der Waals surface area contributed by atoms with E-state index >= 15 is 0 Å². The summed E-state index contributed by atoms with van der Waals surface area (Å²) < 4.78 is 1.64. The minimum absolute atomic E-state index is 0.479. The Morgan fingerprint density at radius 1 is 1.27 bits per heavy atom. The van der Waals surface area contributed by atoms with Crippen molar-refractivity contribution in [2.24, 2.45) is 0 Å². The molecule has 2 heterocycles. The maximum atomic E-state index is 5.72. The molecule has 0 saturated heterocycles. The maximum Gasteiger partial charge on any atom is 0.152 e. The van der Waals surface area contributed by atoms with E-state index in [0.717, 1.165) is 5.52 Å². The van der Waals surface area contributed by atoms with E-state index in [1.807, 2.05) is 6.07 Å². The van der Waals surface area contributed by atoms with Crippen LogP contribution in [0.5, 0.6) is 0 Å². The SMILES string of the molecule is Clc1ccc2cc(Cl)nn2c1. The van der Waals surface area contributed by atoms with E-state index in [1.54, 1.807) is 22.8 Å². The van der Waals surface area contributed by atoms with Gasteiger partial charge in [-0.25, -0.2) is 4.52 Å².